The molecule has 1 aromatic carbocycles. The summed E-state index contributed by atoms with van der Waals surface area (Å²) in [5, 5.41) is 0. The van der Waals surface area contributed by atoms with Crippen LogP contribution in [0, 0.1) is 0 Å². The summed E-state index contributed by atoms with van der Waals surface area (Å²) in [7, 11) is 0. The number of hydrogen-bond acceptors (Lipinski definition) is 2. The molecular formula is C12H14O2. The SMILES string of the molecule is CC=C(CC)Oc1ccc(C=O)cc1. The lowest BCUT2D eigenvalue weighted by molar-refractivity contribution is 0.112. The second kappa shape index (κ2) is 5.22. The van der Waals surface area contributed by atoms with E-state index >= 15 is 0 Å². The van der Waals surface area contributed by atoms with Gasteiger partial charge in [-0.25, -0.2) is 0 Å². The van der Waals surface area contributed by atoms with Gasteiger partial charge in [-0.3, -0.25) is 4.79 Å². The topological polar surface area (TPSA) is 26.3 Å². The highest BCUT2D eigenvalue weighted by Crippen LogP contribution is 2.15. The van der Waals surface area contributed by atoms with Crippen molar-refractivity contribution >= 4 is 6.29 Å². The molecule has 2 heteroatoms. The average molecular weight is 190 g/mol. The number of benzene rings is 1. The smallest absolute Gasteiger partial charge is 0.150 e. The first-order chi connectivity index (χ1) is 6.80. The molecule has 0 bridgehead atoms. The molecule has 0 unspecified atom stereocenters. The lowest BCUT2D eigenvalue weighted by Crippen LogP contribution is -1.93. The van der Waals surface area contributed by atoms with Gasteiger partial charge in [0.2, 0.25) is 0 Å². The van der Waals surface area contributed by atoms with Crippen LogP contribution in [0.5, 0.6) is 5.75 Å². The van der Waals surface area contributed by atoms with E-state index in [1.165, 1.54) is 0 Å². The fourth-order valence-corrected chi connectivity index (χ4v) is 1.10. The minimum atomic E-state index is 0.663. The number of aldehydes is 1. The van der Waals surface area contributed by atoms with Gasteiger partial charge < -0.3 is 4.74 Å². The highest BCUT2D eigenvalue weighted by atomic mass is 16.5. The van der Waals surface area contributed by atoms with Crippen molar-refractivity contribution in [2.45, 2.75) is 20.3 Å². The molecule has 0 aliphatic carbocycles. The van der Waals surface area contributed by atoms with Gasteiger partial charge in [0.15, 0.2) is 0 Å². The summed E-state index contributed by atoms with van der Waals surface area (Å²) in [6.45, 7) is 3.98. The summed E-state index contributed by atoms with van der Waals surface area (Å²) in [6.07, 6.45) is 3.62. The molecule has 0 atom stereocenters. The van der Waals surface area contributed by atoms with Crippen molar-refractivity contribution in [3.8, 4) is 5.75 Å². The maximum Gasteiger partial charge on any atom is 0.150 e. The molecular weight excluding hydrogens is 176 g/mol. The molecule has 0 aromatic heterocycles. The molecule has 0 aliphatic heterocycles. The van der Waals surface area contributed by atoms with E-state index in [9.17, 15) is 4.79 Å². The molecule has 74 valence electrons. The second-order valence-corrected chi connectivity index (χ2v) is 2.90. The highest BCUT2D eigenvalue weighted by Gasteiger charge is 1.97. The second-order valence-electron chi connectivity index (χ2n) is 2.90. The molecule has 0 heterocycles. The van der Waals surface area contributed by atoms with Gasteiger partial charge in [-0.05, 0) is 37.3 Å². The Kier molecular flexibility index (Phi) is 3.92. The van der Waals surface area contributed by atoms with E-state index in [4.69, 9.17) is 4.74 Å². The Bertz CT molecular complexity index is 323. The van der Waals surface area contributed by atoms with Crippen LogP contribution in [0.2, 0.25) is 0 Å². The van der Waals surface area contributed by atoms with Crippen LogP contribution in [0.1, 0.15) is 30.6 Å². The lowest BCUT2D eigenvalue weighted by atomic mass is 10.2. The largest absolute Gasteiger partial charge is 0.462 e. The third-order valence-electron chi connectivity index (χ3n) is 1.94. The molecule has 0 N–H and O–H groups in total. The Hall–Kier alpha value is -1.57. The van der Waals surface area contributed by atoms with Crippen LogP contribution in [-0.2, 0) is 0 Å². The van der Waals surface area contributed by atoms with Crippen LogP contribution in [0.4, 0.5) is 0 Å². The van der Waals surface area contributed by atoms with E-state index in [0.717, 1.165) is 24.2 Å². The zero-order chi connectivity index (χ0) is 10.4. The van der Waals surface area contributed by atoms with Crippen LogP contribution in [0.15, 0.2) is 36.1 Å². The first-order valence-electron chi connectivity index (χ1n) is 4.68. The van der Waals surface area contributed by atoms with Crippen LogP contribution < -0.4 is 4.74 Å². The van der Waals surface area contributed by atoms with E-state index in [0.29, 0.717) is 5.56 Å². The van der Waals surface area contributed by atoms with Crippen LogP contribution >= 0.6 is 0 Å². The first-order valence-corrected chi connectivity index (χ1v) is 4.68. The summed E-state index contributed by atoms with van der Waals surface area (Å²) in [6, 6.07) is 7.07. The van der Waals surface area contributed by atoms with Crippen LogP contribution in [-0.4, -0.2) is 6.29 Å². The zero-order valence-corrected chi connectivity index (χ0v) is 8.49. The normalized spacial score (nSPS) is 11.1. The average Bonchev–Trinajstić information content (AvgIpc) is 2.26. The van der Waals surface area contributed by atoms with Crippen molar-refractivity contribution in [2.75, 3.05) is 0 Å². The van der Waals surface area contributed by atoms with Crippen LogP contribution in [0.3, 0.4) is 0 Å². The minimum Gasteiger partial charge on any atom is -0.462 e. The fraction of sp³-hybridized carbons (Fsp3) is 0.250. The van der Waals surface area contributed by atoms with Crippen molar-refractivity contribution < 1.29 is 9.53 Å². The number of hydrogen-bond donors (Lipinski definition) is 0. The summed E-state index contributed by atoms with van der Waals surface area (Å²) < 4.78 is 5.56. The number of allylic oxidation sites excluding steroid dienone is 2. The van der Waals surface area contributed by atoms with Crippen molar-refractivity contribution in [3.63, 3.8) is 0 Å². The molecule has 1 aromatic rings. The number of carbonyl (C=O) groups is 1. The molecule has 2 nitrogen and oxygen atoms in total. The lowest BCUT2D eigenvalue weighted by Gasteiger charge is -2.07. The monoisotopic (exact) mass is 190 g/mol. The molecule has 0 aliphatic rings. The van der Waals surface area contributed by atoms with Gasteiger partial charge in [-0.15, -0.1) is 0 Å². The molecule has 0 spiro atoms. The van der Waals surface area contributed by atoms with Gasteiger partial charge in [0.1, 0.15) is 12.0 Å². The minimum absolute atomic E-state index is 0.663. The predicted molar refractivity (Wildman–Crippen MR) is 56.5 cm³/mol. The molecule has 0 saturated heterocycles. The molecule has 0 saturated carbocycles. The van der Waals surface area contributed by atoms with E-state index in [-0.39, 0.29) is 0 Å². The van der Waals surface area contributed by atoms with Crippen molar-refractivity contribution in [2.24, 2.45) is 0 Å². The zero-order valence-electron chi connectivity index (χ0n) is 8.49. The van der Waals surface area contributed by atoms with Gasteiger partial charge in [0.25, 0.3) is 0 Å². The Morgan fingerprint density at radius 1 is 1.36 bits per heavy atom. The molecule has 14 heavy (non-hydrogen) atoms. The van der Waals surface area contributed by atoms with E-state index < -0.39 is 0 Å². The Morgan fingerprint density at radius 3 is 2.43 bits per heavy atom. The van der Waals surface area contributed by atoms with Gasteiger partial charge in [-0.2, -0.15) is 0 Å². The van der Waals surface area contributed by atoms with Gasteiger partial charge in [0.05, 0.1) is 5.76 Å². The Morgan fingerprint density at radius 2 is 2.00 bits per heavy atom. The van der Waals surface area contributed by atoms with Gasteiger partial charge in [-0.1, -0.05) is 6.92 Å². The van der Waals surface area contributed by atoms with Crippen molar-refractivity contribution in [1.29, 1.82) is 0 Å². The number of carbonyl (C=O) groups excluding carboxylic acids is 1. The standard InChI is InChI=1S/C12H14O2/c1-3-11(4-2)14-12-7-5-10(9-13)6-8-12/h3,5-9H,4H2,1-2H3. The molecule has 1 rings (SSSR count). The van der Waals surface area contributed by atoms with Crippen molar-refractivity contribution in [1.82, 2.24) is 0 Å². The summed E-state index contributed by atoms with van der Waals surface area (Å²) in [5.74, 6) is 1.70. The summed E-state index contributed by atoms with van der Waals surface area (Å²) in [5.41, 5.74) is 0.663. The third-order valence-corrected chi connectivity index (χ3v) is 1.94. The maximum atomic E-state index is 10.4. The number of rotatable bonds is 4. The number of ether oxygens (including phenoxy) is 1. The van der Waals surface area contributed by atoms with E-state index in [1.54, 1.807) is 24.3 Å². The Labute approximate surface area is 84.2 Å². The molecule has 0 radical (unpaired) electrons. The van der Waals surface area contributed by atoms with Gasteiger partial charge in [0, 0.05) is 12.0 Å². The summed E-state index contributed by atoms with van der Waals surface area (Å²) >= 11 is 0. The van der Waals surface area contributed by atoms with Crippen molar-refractivity contribution in [3.05, 3.63) is 41.7 Å². The first kappa shape index (κ1) is 10.5. The fourth-order valence-electron chi connectivity index (χ4n) is 1.10. The predicted octanol–water partition coefficient (Wildman–Crippen LogP) is 3.19. The van der Waals surface area contributed by atoms with Gasteiger partial charge >= 0.3 is 0 Å². The summed E-state index contributed by atoms with van der Waals surface area (Å²) in [4.78, 5) is 10.4. The quantitative estimate of drug-likeness (QED) is 0.538. The van der Waals surface area contributed by atoms with E-state index in [2.05, 4.69) is 0 Å². The Balaban J connectivity index is 2.73. The highest BCUT2D eigenvalue weighted by molar-refractivity contribution is 5.74. The van der Waals surface area contributed by atoms with E-state index in [1.807, 2.05) is 19.9 Å². The molecule has 0 amide bonds. The molecule has 0 fully saturated rings. The van der Waals surface area contributed by atoms with Crippen LogP contribution in [0.25, 0.3) is 0 Å². The maximum absolute atomic E-state index is 10.4. The third kappa shape index (κ3) is 2.73.